The maximum absolute atomic E-state index is 2.27. The van der Waals surface area contributed by atoms with Crippen LogP contribution in [0.1, 0.15) is 26.2 Å². The van der Waals surface area contributed by atoms with Crippen LogP contribution in [-0.4, -0.2) is 25.6 Å². The second-order valence-electron chi connectivity index (χ2n) is 3.64. The quantitative estimate of drug-likeness (QED) is 0.417. The summed E-state index contributed by atoms with van der Waals surface area (Å²) >= 11 is 0. The maximum atomic E-state index is 2.27. The van der Waals surface area contributed by atoms with Crippen LogP contribution in [0.3, 0.4) is 0 Å². The first kappa shape index (κ1) is 9.70. The highest BCUT2D eigenvalue weighted by Crippen LogP contribution is 1.98. The molecule has 0 amide bonds. The van der Waals surface area contributed by atoms with Gasteiger partial charge in [-0.2, -0.15) is 0 Å². The molecule has 0 aromatic carbocycles. The van der Waals surface area contributed by atoms with E-state index in [1.165, 1.54) is 19.3 Å². The molecule has 0 heterocycles. The molecule has 0 fully saturated rings. The third-order valence-electron chi connectivity index (χ3n) is 1.28. The zero-order valence-corrected chi connectivity index (χ0v) is 7.72. The second kappa shape index (κ2) is 4.51. The third-order valence-corrected chi connectivity index (χ3v) is 1.28. The minimum Gasteiger partial charge on any atom is -0.305 e. The minimum atomic E-state index is 0.934. The van der Waals surface area contributed by atoms with Gasteiger partial charge in [0.05, 0.1) is 27.3 Å². The Morgan fingerprint density at radius 1 is 1.20 bits per heavy atom. The Labute approximate surface area is 64.9 Å². The maximum Gasteiger partial charge on any atom is 0.0911 e. The van der Waals surface area contributed by atoms with Gasteiger partial charge in [-0.3, -0.25) is 0 Å². The first-order valence-corrected chi connectivity index (χ1v) is 4.05. The average Bonchev–Trinajstić information content (AvgIpc) is 1.78. The molecule has 0 aromatic heterocycles. The Bertz CT molecular complexity index is 97.8. The van der Waals surface area contributed by atoms with Crippen LogP contribution in [0, 0.1) is 0 Å². The van der Waals surface area contributed by atoms with Crippen molar-refractivity contribution in [2.75, 3.05) is 21.1 Å². The van der Waals surface area contributed by atoms with Gasteiger partial charge in [0.25, 0.3) is 0 Å². The Morgan fingerprint density at radius 2 is 1.80 bits per heavy atom. The number of hydrogen-bond donors (Lipinski definition) is 0. The second-order valence-corrected chi connectivity index (χ2v) is 3.64. The fourth-order valence-corrected chi connectivity index (χ4v) is 0.713. The molecule has 0 saturated carbocycles. The molecule has 0 atom stereocenters. The summed E-state index contributed by atoms with van der Waals surface area (Å²) < 4.78 is 0.934. The van der Waals surface area contributed by atoms with E-state index in [0.717, 1.165) is 4.48 Å². The van der Waals surface area contributed by atoms with Crippen molar-refractivity contribution >= 4 is 0 Å². The Balaban J connectivity index is 3.37. The van der Waals surface area contributed by atoms with Gasteiger partial charge >= 0.3 is 0 Å². The highest BCUT2D eigenvalue weighted by molar-refractivity contribution is 4.72. The number of quaternary nitrogens is 1. The molecule has 0 aliphatic carbocycles. The van der Waals surface area contributed by atoms with E-state index in [2.05, 4.69) is 40.3 Å². The van der Waals surface area contributed by atoms with Gasteiger partial charge in [0.15, 0.2) is 0 Å². The monoisotopic (exact) mass is 142 g/mol. The predicted molar refractivity (Wildman–Crippen MR) is 46.7 cm³/mol. The number of nitrogens with zero attached hydrogens (tertiary/aromatic N) is 1. The number of allylic oxidation sites excluding steroid dienone is 1. The topological polar surface area (TPSA) is 0 Å². The summed E-state index contributed by atoms with van der Waals surface area (Å²) in [6.07, 6.45) is 8.34. The van der Waals surface area contributed by atoms with E-state index in [1.54, 1.807) is 0 Å². The van der Waals surface area contributed by atoms with Crippen molar-refractivity contribution in [2.24, 2.45) is 0 Å². The number of rotatable bonds is 4. The third kappa shape index (κ3) is 7.70. The summed E-state index contributed by atoms with van der Waals surface area (Å²) in [6, 6.07) is 0. The molecule has 0 N–H and O–H groups in total. The van der Waals surface area contributed by atoms with Crippen LogP contribution in [0.5, 0.6) is 0 Å². The number of unbranched alkanes of at least 4 members (excludes halogenated alkanes) is 2. The summed E-state index contributed by atoms with van der Waals surface area (Å²) in [7, 11) is 6.51. The molecule has 0 aliphatic rings. The normalized spacial score (nSPS) is 12.8. The lowest BCUT2D eigenvalue weighted by atomic mass is 10.2. The summed E-state index contributed by atoms with van der Waals surface area (Å²) in [4.78, 5) is 0. The summed E-state index contributed by atoms with van der Waals surface area (Å²) in [5.41, 5.74) is 0. The molecular weight excluding hydrogens is 122 g/mol. The standard InChI is InChI=1S/C9H20N/c1-5-6-7-8-9-10(2,3)4/h8-9H,5-7H2,1-4H3/q+1. The van der Waals surface area contributed by atoms with Crippen molar-refractivity contribution in [3.63, 3.8) is 0 Å². The van der Waals surface area contributed by atoms with E-state index < -0.39 is 0 Å². The molecule has 10 heavy (non-hydrogen) atoms. The lowest BCUT2D eigenvalue weighted by Crippen LogP contribution is -2.26. The van der Waals surface area contributed by atoms with Gasteiger partial charge in [0.2, 0.25) is 0 Å². The van der Waals surface area contributed by atoms with Gasteiger partial charge in [-0.15, -0.1) is 0 Å². The van der Waals surface area contributed by atoms with Gasteiger partial charge in [-0.25, -0.2) is 0 Å². The van der Waals surface area contributed by atoms with E-state index in [1.807, 2.05) is 0 Å². The lowest BCUT2D eigenvalue weighted by molar-refractivity contribution is -0.817. The summed E-state index contributed by atoms with van der Waals surface area (Å²) in [6.45, 7) is 2.22. The highest BCUT2D eigenvalue weighted by Gasteiger charge is 1.97. The van der Waals surface area contributed by atoms with Crippen molar-refractivity contribution in [2.45, 2.75) is 26.2 Å². The molecule has 0 rings (SSSR count). The van der Waals surface area contributed by atoms with Crippen LogP contribution >= 0.6 is 0 Å². The van der Waals surface area contributed by atoms with Gasteiger partial charge in [0, 0.05) is 0 Å². The van der Waals surface area contributed by atoms with Crippen molar-refractivity contribution < 1.29 is 4.48 Å². The molecule has 0 radical (unpaired) electrons. The van der Waals surface area contributed by atoms with Gasteiger partial charge in [-0.1, -0.05) is 13.3 Å². The van der Waals surface area contributed by atoms with Crippen LogP contribution in [0.25, 0.3) is 0 Å². The van der Waals surface area contributed by atoms with Gasteiger partial charge in [0.1, 0.15) is 0 Å². The minimum absolute atomic E-state index is 0.934. The average molecular weight is 142 g/mol. The first-order valence-electron chi connectivity index (χ1n) is 4.05. The van der Waals surface area contributed by atoms with Crippen molar-refractivity contribution in [1.29, 1.82) is 0 Å². The molecular formula is C9H20N+. The largest absolute Gasteiger partial charge is 0.305 e. The Morgan fingerprint density at radius 3 is 2.20 bits per heavy atom. The molecule has 60 valence electrons. The van der Waals surface area contributed by atoms with E-state index in [4.69, 9.17) is 0 Å². The number of hydrogen-bond acceptors (Lipinski definition) is 0. The fraction of sp³-hybridized carbons (Fsp3) is 0.778. The SMILES string of the molecule is CCCCC=C[N+](C)(C)C. The zero-order valence-electron chi connectivity index (χ0n) is 7.72. The van der Waals surface area contributed by atoms with Gasteiger partial charge < -0.3 is 4.48 Å². The Hall–Kier alpha value is -0.300. The molecule has 0 unspecified atom stereocenters. The van der Waals surface area contributed by atoms with Crippen LogP contribution in [-0.2, 0) is 0 Å². The molecule has 0 aliphatic heterocycles. The van der Waals surface area contributed by atoms with Crippen molar-refractivity contribution in [3.8, 4) is 0 Å². The van der Waals surface area contributed by atoms with E-state index in [-0.39, 0.29) is 0 Å². The lowest BCUT2D eigenvalue weighted by Gasteiger charge is -2.17. The van der Waals surface area contributed by atoms with E-state index in [0.29, 0.717) is 0 Å². The molecule has 1 nitrogen and oxygen atoms in total. The van der Waals surface area contributed by atoms with Crippen LogP contribution < -0.4 is 0 Å². The molecule has 0 saturated heterocycles. The fourth-order valence-electron chi connectivity index (χ4n) is 0.713. The highest BCUT2D eigenvalue weighted by atomic mass is 15.3. The molecule has 1 heteroatoms. The summed E-state index contributed by atoms with van der Waals surface area (Å²) in [5.74, 6) is 0. The van der Waals surface area contributed by atoms with Crippen molar-refractivity contribution in [3.05, 3.63) is 12.3 Å². The molecule has 0 spiro atoms. The van der Waals surface area contributed by atoms with Gasteiger partial charge in [-0.05, 0) is 18.9 Å². The van der Waals surface area contributed by atoms with Crippen LogP contribution in [0.2, 0.25) is 0 Å². The van der Waals surface area contributed by atoms with Crippen LogP contribution in [0.4, 0.5) is 0 Å². The Kier molecular flexibility index (Phi) is 4.37. The van der Waals surface area contributed by atoms with E-state index in [9.17, 15) is 0 Å². The molecule has 0 aromatic rings. The van der Waals surface area contributed by atoms with E-state index >= 15 is 0 Å². The van der Waals surface area contributed by atoms with Crippen molar-refractivity contribution in [1.82, 2.24) is 0 Å². The summed E-state index contributed by atoms with van der Waals surface area (Å²) in [5, 5.41) is 0. The smallest absolute Gasteiger partial charge is 0.0911 e. The zero-order chi connectivity index (χ0) is 8.04. The first-order chi connectivity index (χ1) is 4.56. The molecule has 0 bridgehead atoms. The predicted octanol–water partition coefficient (Wildman–Crippen LogP) is 2.40. The van der Waals surface area contributed by atoms with Crippen LogP contribution in [0.15, 0.2) is 12.3 Å².